The van der Waals surface area contributed by atoms with E-state index < -0.39 is 41.0 Å². The molecule has 1 aliphatic rings. The first kappa shape index (κ1) is 24.1. The average Bonchev–Trinajstić information content (AvgIpc) is 3.14. The van der Waals surface area contributed by atoms with Gasteiger partial charge in [0.05, 0.1) is 7.11 Å². The van der Waals surface area contributed by atoms with Crippen LogP contribution in [0.2, 0.25) is 0 Å². The van der Waals surface area contributed by atoms with E-state index in [2.05, 4.69) is 5.32 Å². The topological polar surface area (TPSA) is 80.6 Å². The van der Waals surface area contributed by atoms with Crippen molar-refractivity contribution in [2.45, 2.75) is 32.4 Å². The summed E-state index contributed by atoms with van der Waals surface area (Å²) in [5.74, 6) is -4.11. The summed E-state index contributed by atoms with van der Waals surface area (Å²) in [4.78, 5) is 40.5. The van der Waals surface area contributed by atoms with Gasteiger partial charge in [0.2, 0.25) is 5.91 Å². The molecule has 1 fully saturated rings. The van der Waals surface area contributed by atoms with Gasteiger partial charge in [-0.1, -0.05) is 17.7 Å². The molecule has 9 heteroatoms. The van der Waals surface area contributed by atoms with E-state index in [0.29, 0.717) is 12.1 Å². The second kappa shape index (κ2) is 9.69. The van der Waals surface area contributed by atoms with E-state index >= 15 is 8.78 Å². The number of amides is 2. The molecule has 3 aromatic rings. The number of ether oxygens (including phenoxy) is 1. The third kappa shape index (κ3) is 4.53. The summed E-state index contributed by atoms with van der Waals surface area (Å²) in [5, 5.41) is 2.64. The second-order valence-electron chi connectivity index (χ2n) is 8.36. The van der Waals surface area contributed by atoms with Gasteiger partial charge in [-0.05, 0) is 38.1 Å². The molecule has 2 aromatic carbocycles. The van der Waals surface area contributed by atoms with Crippen LogP contribution in [-0.2, 0) is 11.3 Å². The fourth-order valence-corrected chi connectivity index (χ4v) is 4.31. The van der Waals surface area contributed by atoms with E-state index in [-0.39, 0.29) is 23.5 Å². The molecule has 182 valence electrons. The van der Waals surface area contributed by atoms with Gasteiger partial charge in [-0.3, -0.25) is 14.4 Å². The summed E-state index contributed by atoms with van der Waals surface area (Å²) in [6, 6.07) is 10.5. The van der Waals surface area contributed by atoms with E-state index in [1.165, 1.54) is 22.6 Å². The molecule has 0 bridgehead atoms. The minimum Gasteiger partial charge on any atom is -0.497 e. The zero-order chi connectivity index (χ0) is 25.3. The van der Waals surface area contributed by atoms with Crippen LogP contribution in [0.4, 0.5) is 14.5 Å². The number of hydrogen-bond donors (Lipinski definition) is 1. The zero-order valence-electron chi connectivity index (χ0n) is 19.5. The molecule has 0 saturated carbocycles. The molecule has 35 heavy (non-hydrogen) atoms. The zero-order valence-corrected chi connectivity index (χ0v) is 19.5. The van der Waals surface area contributed by atoms with Crippen LogP contribution < -0.4 is 20.5 Å². The molecule has 0 aliphatic carbocycles. The van der Waals surface area contributed by atoms with Gasteiger partial charge in [0.1, 0.15) is 29.1 Å². The Morgan fingerprint density at radius 1 is 1.11 bits per heavy atom. The van der Waals surface area contributed by atoms with Gasteiger partial charge in [-0.25, -0.2) is 8.78 Å². The monoisotopic (exact) mass is 481 g/mol. The molecule has 0 spiro atoms. The van der Waals surface area contributed by atoms with Crippen LogP contribution in [0.5, 0.6) is 5.75 Å². The summed E-state index contributed by atoms with van der Waals surface area (Å²) < 4.78 is 36.5. The molecule has 2 heterocycles. The van der Waals surface area contributed by atoms with Crippen molar-refractivity contribution in [3.63, 3.8) is 0 Å². The maximum Gasteiger partial charge on any atom is 0.274 e. The number of carbonyl (C=O) groups is 2. The van der Waals surface area contributed by atoms with Gasteiger partial charge in [-0.15, -0.1) is 0 Å². The molecule has 1 aliphatic heterocycles. The lowest BCUT2D eigenvalue weighted by Crippen LogP contribution is -2.44. The number of pyridine rings is 1. The molecule has 2 amide bonds. The van der Waals surface area contributed by atoms with Crippen LogP contribution in [0, 0.1) is 18.6 Å². The van der Waals surface area contributed by atoms with Crippen molar-refractivity contribution in [2.75, 3.05) is 18.6 Å². The first-order valence-electron chi connectivity index (χ1n) is 11.2. The largest absolute Gasteiger partial charge is 0.497 e. The Morgan fingerprint density at radius 2 is 1.77 bits per heavy atom. The molecule has 1 N–H and O–H groups in total. The number of aryl methyl sites for hydroxylation is 2. The molecule has 0 unspecified atom stereocenters. The Labute approximate surface area is 200 Å². The first-order chi connectivity index (χ1) is 16.7. The molecule has 0 radical (unpaired) electrons. The van der Waals surface area contributed by atoms with Crippen molar-refractivity contribution >= 4 is 17.5 Å². The lowest BCUT2D eigenvalue weighted by Gasteiger charge is -2.20. The Kier molecular flexibility index (Phi) is 6.68. The number of hydrogen-bond acceptors (Lipinski definition) is 4. The Balaban J connectivity index is 1.77. The third-order valence-corrected chi connectivity index (χ3v) is 6.20. The lowest BCUT2D eigenvalue weighted by atomic mass is 9.92. The standard InChI is InChI=1S/C26H25F2N3O4/c1-4-30-11-5-6-21(25(30)33)31-14-18(22-19(27)12-17(35-3)13-20(22)28)23(26(31)34)29-24(32)16-9-7-15(2)8-10-16/h5-13,18,23H,4,14H2,1-3H3,(H,29,32)/t18-,23-/m0/s1. The number of methoxy groups -OCH3 is 1. The van der Waals surface area contributed by atoms with E-state index in [1.54, 1.807) is 43.5 Å². The van der Waals surface area contributed by atoms with E-state index in [0.717, 1.165) is 17.7 Å². The highest BCUT2D eigenvalue weighted by Gasteiger charge is 2.45. The molecular weight excluding hydrogens is 456 g/mol. The number of nitrogens with one attached hydrogen (secondary N) is 1. The highest BCUT2D eigenvalue weighted by molar-refractivity contribution is 6.05. The number of benzene rings is 2. The molecule has 1 saturated heterocycles. The van der Waals surface area contributed by atoms with Crippen LogP contribution in [-0.4, -0.2) is 36.1 Å². The number of halogens is 2. The highest BCUT2D eigenvalue weighted by Crippen LogP contribution is 2.35. The van der Waals surface area contributed by atoms with Gasteiger partial charge in [0.25, 0.3) is 11.5 Å². The Bertz CT molecular complexity index is 1310. The van der Waals surface area contributed by atoms with Crippen molar-refractivity contribution in [2.24, 2.45) is 0 Å². The third-order valence-electron chi connectivity index (χ3n) is 6.20. The number of anilines is 1. The predicted octanol–water partition coefficient (Wildman–Crippen LogP) is 3.39. The molecule has 4 rings (SSSR count). The number of carbonyl (C=O) groups excluding carboxylic acids is 2. The van der Waals surface area contributed by atoms with Crippen molar-refractivity contribution in [1.82, 2.24) is 9.88 Å². The summed E-state index contributed by atoms with van der Waals surface area (Å²) >= 11 is 0. The van der Waals surface area contributed by atoms with Crippen LogP contribution >= 0.6 is 0 Å². The van der Waals surface area contributed by atoms with Gasteiger partial charge in [0, 0.05) is 48.5 Å². The minimum atomic E-state index is -1.30. The number of nitrogens with zero attached hydrogens (tertiary/aromatic N) is 2. The second-order valence-corrected chi connectivity index (χ2v) is 8.36. The smallest absolute Gasteiger partial charge is 0.274 e. The average molecular weight is 481 g/mol. The lowest BCUT2D eigenvalue weighted by molar-refractivity contribution is -0.118. The normalized spacial score (nSPS) is 17.5. The van der Waals surface area contributed by atoms with Crippen molar-refractivity contribution in [1.29, 1.82) is 0 Å². The molecular formula is C26H25F2N3O4. The SMILES string of the molecule is CCn1cccc(N2C[C@@H](c3c(F)cc(OC)cc3F)[C@H](NC(=O)c3ccc(C)cc3)C2=O)c1=O. The highest BCUT2D eigenvalue weighted by atomic mass is 19.1. The summed E-state index contributed by atoms with van der Waals surface area (Å²) in [6.07, 6.45) is 1.59. The Morgan fingerprint density at radius 3 is 2.37 bits per heavy atom. The summed E-state index contributed by atoms with van der Waals surface area (Å²) in [6.45, 7) is 3.84. The van der Waals surface area contributed by atoms with Gasteiger partial charge >= 0.3 is 0 Å². The van der Waals surface area contributed by atoms with Gasteiger partial charge < -0.3 is 19.5 Å². The molecule has 1 aromatic heterocycles. The Hall–Kier alpha value is -4.01. The van der Waals surface area contributed by atoms with E-state index in [9.17, 15) is 14.4 Å². The predicted molar refractivity (Wildman–Crippen MR) is 127 cm³/mol. The van der Waals surface area contributed by atoms with Gasteiger partial charge in [0.15, 0.2) is 0 Å². The van der Waals surface area contributed by atoms with Crippen LogP contribution in [0.15, 0.2) is 59.5 Å². The maximum atomic E-state index is 15.1. The van der Waals surface area contributed by atoms with Gasteiger partial charge in [-0.2, -0.15) is 0 Å². The maximum absolute atomic E-state index is 15.1. The number of rotatable bonds is 6. The number of aromatic nitrogens is 1. The fourth-order valence-electron chi connectivity index (χ4n) is 4.31. The molecule has 7 nitrogen and oxygen atoms in total. The van der Waals surface area contributed by atoms with E-state index in [1.807, 2.05) is 6.92 Å². The van der Waals surface area contributed by atoms with Crippen LogP contribution in [0.1, 0.15) is 34.3 Å². The van der Waals surface area contributed by atoms with Crippen molar-refractivity contribution in [3.05, 3.63) is 93.4 Å². The van der Waals surface area contributed by atoms with Crippen molar-refractivity contribution < 1.29 is 23.1 Å². The van der Waals surface area contributed by atoms with Crippen LogP contribution in [0.25, 0.3) is 0 Å². The van der Waals surface area contributed by atoms with Crippen LogP contribution in [0.3, 0.4) is 0 Å². The fraction of sp³-hybridized carbons (Fsp3) is 0.269. The summed E-state index contributed by atoms with van der Waals surface area (Å²) in [7, 11) is 1.29. The molecule has 2 atom stereocenters. The first-order valence-corrected chi connectivity index (χ1v) is 11.2. The van der Waals surface area contributed by atoms with Crippen molar-refractivity contribution in [3.8, 4) is 5.75 Å². The van der Waals surface area contributed by atoms with E-state index in [4.69, 9.17) is 4.74 Å². The minimum absolute atomic E-state index is 0.0148. The quantitative estimate of drug-likeness (QED) is 0.585. The summed E-state index contributed by atoms with van der Waals surface area (Å²) in [5.41, 5.74) is 0.544.